The smallest absolute Gasteiger partial charge is 0.318 e. The molecule has 0 radical (unpaired) electrons. The molecule has 0 aliphatic heterocycles. The van der Waals surface area contributed by atoms with Gasteiger partial charge in [-0.2, -0.15) is 9.97 Å². The Kier molecular flexibility index (Phi) is 7.05. The third-order valence-electron chi connectivity index (χ3n) is 5.39. The van der Waals surface area contributed by atoms with Crippen LogP contribution in [0, 0.1) is 0 Å². The van der Waals surface area contributed by atoms with Gasteiger partial charge >= 0.3 is 6.01 Å². The number of benzene rings is 2. The number of ether oxygens (including phenoxy) is 1. The molecular weight excluding hydrogens is 440 g/mol. The maximum atomic E-state index is 12.3. The van der Waals surface area contributed by atoms with E-state index in [1.807, 2.05) is 24.3 Å². The Labute approximate surface area is 199 Å². The van der Waals surface area contributed by atoms with Crippen molar-refractivity contribution in [3.05, 3.63) is 58.6 Å². The van der Waals surface area contributed by atoms with E-state index in [0.29, 0.717) is 16.4 Å². The minimum Gasteiger partial charge on any atom is -0.479 e. The third-order valence-corrected chi connectivity index (χ3v) is 5.72. The Balaban J connectivity index is 1.95. The summed E-state index contributed by atoms with van der Waals surface area (Å²) in [6, 6.07) is 12.8. The quantitative estimate of drug-likeness (QED) is 0.533. The number of methoxy groups -OCH3 is 1. The maximum Gasteiger partial charge on any atom is 0.318 e. The number of carbonyl (C=O) groups excluding carboxylic acids is 1. The van der Waals surface area contributed by atoms with Gasteiger partial charge in [0.05, 0.1) is 5.02 Å². The lowest BCUT2D eigenvalue weighted by Crippen LogP contribution is -2.43. The van der Waals surface area contributed by atoms with Crippen molar-refractivity contribution in [2.45, 2.75) is 52.2 Å². The number of carbonyl (C=O) groups is 1. The molecule has 174 valence electrons. The van der Waals surface area contributed by atoms with Crippen molar-refractivity contribution in [3.8, 4) is 28.8 Å². The molecule has 1 aromatic heterocycles. The van der Waals surface area contributed by atoms with Crippen molar-refractivity contribution in [1.82, 2.24) is 20.3 Å². The van der Waals surface area contributed by atoms with E-state index in [2.05, 4.69) is 41.0 Å². The zero-order valence-corrected chi connectivity index (χ0v) is 20.5. The summed E-state index contributed by atoms with van der Waals surface area (Å²) >= 11 is 6.43. The molecule has 0 saturated carbocycles. The van der Waals surface area contributed by atoms with Crippen LogP contribution in [0.15, 0.2) is 42.5 Å². The normalized spacial score (nSPS) is 12.0. The van der Waals surface area contributed by atoms with E-state index in [-0.39, 0.29) is 23.7 Å². The molecular formula is C25H29ClN4O3. The van der Waals surface area contributed by atoms with Gasteiger partial charge in [0.25, 0.3) is 5.91 Å². The molecule has 1 heterocycles. The Morgan fingerprint density at radius 1 is 1.03 bits per heavy atom. The van der Waals surface area contributed by atoms with E-state index in [9.17, 15) is 9.90 Å². The predicted octanol–water partition coefficient (Wildman–Crippen LogP) is 4.90. The van der Waals surface area contributed by atoms with Crippen molar-refractivity contribution < 1.29 is 14.6 Å². The van der Waals surface area contributed by atoms with Crippen molar-refractivity contribution in [3.63, 3.8) is 0 Å². The SMILES string of the molecule is COC(C)(C)C(=O)NCc1ccc(Cl)c(-c2nc(O)nc(-c3cccc(C(C)(C)C)c3)n2)c1. The number of nitrogens with zero attached hydrogens (tertiary/aromatic N) is 3. The van der Waals surface area contributed by atoms with Gasteiger partial charge in [-0.15, -0.1) is 0 Å². The molecule has 2 N–H and O–H groups in total. The summed E-state index contributed by atoms with van der Waals surface area (Å²) in [5.74, 6) is 0.356. The average Bonchev–Trinajstić information content (AvgIpc) is 2.77. The van der Waals surface area contributed by atoms with Crippen LogP contribution in [0.5, 0.6) is 6.01 Å². The molecule has 0 bridgehead atoms. The molecule has 0 aliphatic carbocycles. The summed E-state index contributed by atoms with van der Waals surface area (Å²) in [5.41, 5.74) is 2.23. The molecule has 0 atom stereocenters. The highest BCUT2D eigenvalue weighted by Crippen LogP contribution is 2.30. The van der Waals surface area contributed by atoms with Gasteiger partial charge in [-0.1, -0.05) is 56.6 Å². The van der Waals surface area contributed by atoms with Gasteiger partial charge in [0.2, 0.25) is 0 Å². The predicted molar refractivity (Wildman–Crippen MR) is 129 cm³/mol. The minimum atomic E-state index is -0.939. The van der Waals surface area contributed by atoms with Gasteiger partial charge in [0, 0.05) is 24.8 Å². The number of aromatic nitrogens is 3. The van der Waals surface area contributed by atoms with E-state index in [0.717, 1.165) is 16.7 Å². The average molecular weight is 469 g/mol. The number of rotatable bonds is 6. The molecule has 0 unspecified atom stereocenters. The van der Waals surface area contributed by atoms with Crippen LogP contribution >= 0.6 is 11.6 Å². The molecule has 3 rings (SSSR count). The molecule has 0 spiro atoms. The Morgan fingerprint density at radius 2 is 1.73 bits per heavy atom. The van der Waals surface area contributed by atoms with Gasteiger partial charge in [-0.05, 0) is 48.6 Å². The van der Waals surface area contributed by atoms with Gasteiger partial charge in [0.1, 0.15) is 5.60 Å². The zero-order chi connectivity index (χ0) is 24.4. The molecule has 2 aromatic carbocycles. The monoisotopic (exact) mass is 468 g/mol. The lowest BCUT2D eigenvalue weighted by Gasteiger charge is -2.21. The lowest BCUT2D eigenvalue weighted by molar-refractivity contribution is -0.139. The second-order valence-electron chi connectivity index (χ2n) is 9.32. The summed E-state index contributed by atoms with van der Waals surface area (Å²) in [4.78, 5) is 25.1. The first-order valence-corrected chi connectivity index (χ1v) is 11.0. The van der Waals surface area contributed by atoms with Crippen LogP contribution in [0.2, 0.25) is 5.02 Å². The van der Waals surface area contributed by atoms with Gasteiger partial charge in [-0.25, -0.2) is 4.98 Å². The highest BCUT2D eigenvalue weighted by molar-refractivity contribution is 6.33. The van der Waals surface area contributed by atoms with Gasteiger partial charge in [-0.3, -0.25) is 4.79 Å². The largest absolute Gasteiger partial charge is 0.479 e. The molecule has 33 heavy (non-hydrogen) atoms. The first-order chi connectivity index (χ1) is 15.4. The summed E-state index contributed by atoms with van der Waals surface area (Å²) in [6.07, 6.45) is 0. The van der Waals surface area contributed by atoms with Crippen LogP contribution < -0.4 is 5.32 Å². The first-order valence-electron chi connectivity index (χ1n) is 10.6. The molecule has 7 nitrogen and oxygen atoms in total. The first kappa shape index (κ1) is 24.6. The highest BCUT2D eigenvalue weighted by Gasteiger charge is 2.26. The molecule has 3 aromatic rings. The number of hydrogen-bond acceptors (Lipinski definition) is 6. The summed E-state index contributed by atoms with van der Waals surface area (Å²) in [5, 5.41) is 13.5. The Hall–Kier alpha value is -3.03. The molecule has 0 aliphatic rings. The van der Waals surface area contributed by atoms with E-state index in [4.69, 9.17) is 16.3 Å². The molecule has 1 amide bonds. The summed E-state index contributed by atoms with van der Waals surface area (Å²) < 4.78 is 5.21. The highest BCUT2D eigenvalue weighted by atomic mass is 35.5. The minimum absolute atomic E-state index is 0.0482. The fourth-order valence-corrected chi connectivity index (χ4v) is 3.28. The standard InChI is InChI=1S/C25H29ClN4O3/c1-24(2,3)17-9-7-8-16(13-17)20-28-21(30-23(32)29-20)18-12-15(10-11-19(18)26)14-27-22(31)25(4,5)33-6/h7-13H,14H2,1-6H3,(H,27,31)(H,28,29,30,32). The van der Waals surface area contributed by atoms with Crippen LogP contribution in [0.3, 0.4) is 0 Å². The van der Waals surface area contributed by atoms with Crippen LogP contribution in [-0.4, -0.2) is 38.7 Å². The number of halogens is 1. The van der Waals surface area contributed by atoms with E-state index in [1.165, 1.54) is 7.11 Å². The molecule has 0 saturated heterocycles. The van der Waals surface area contributed by atoms with Crippen molar-refractivity contribution in [2.24, 2.45) is 0 Å². The second-order valence-corrected chi connectivity index (χ2v) is 9.73. The van der Waals surface area contributed by atoms with Gasteiger partial charge < -0.3 is 15.2 Å². The molecule has 0 fully saturated rings. The third kappa shape index (κ3) is 5.86. The second kappa shape index (κ2) is 9.45. The maximum absolute atomic E-state index is 12.3. The van der Waals surface area contributed by atoms with E-state index in [1.54, 1.807) is 32.0 Å². The van der Waals surface area contributed by atoms with Crippen molar-refractivity contribution in [2.75, 3.05) is 7.11 Å². The Bertz CT molecular complexity index is 1170. The van der Waals surface area contributed by atoms with Crippen molar-refractivity contribution >= 4 is 17.5 Å². The van der Waals surface area contributed by atoms with Crippen molar-refractivity contribution in [1.29, 1.82) is 0 Å². The van der Waals surface area contributed by atoms with Crippen LogP contribution in [0.1, 0.15) is 45.7 Å². The number of amides is 1. The fraction of sp³-hybridized carbons (Fsp3) is 0.360. The van der Waals surface area contributed by atoms with E-state index >= 15 is 0 Å². The number of aromatic hydroxyl groups is 1. The van der Waals surface area contributed by atoms with Gasteiger partial charge in [0.15, 0.2) is 11.6 Å². The van der Waals surface area contributed by atoms with Crippen LogP contribution in [0.4, 0.5) is 0 Å². The fourth-order valence-electron chi connectivity index (χ4n) is 3.08. The van der Waals surface area contributed by atoms with Crippen LogP contribution in [-0.2, 0) is 21.5 Å². The summed E-state index contributed by atoms with van der Waals surface area (Å²) in [6.45, 7) is 10.0. The van der Waals surface area contributed by atoms with E-state index < -0.39 is 11.6 Å². The zero-order valence-electron chi connectivity index (χ0n) is 19.7. The Morgan fingerprint density at radius 3 is 2.39 bits per heavy atom. The molecule has 8 heteroatoms. The number of hydrogen-bond donors (Lipinski definition) is 2. The lowest BCUT2D eigenvalue weighted by atomic mass is 9.86. The topological polar surface area (TPSA) is 97.2 Å². The number of nitrogens with one attached hydrogen (secondary N) is 1. The van der Waals surface area contributed by atoms with Crippen LogP contribution in [0.25, 0.3) is 22.8 Å². The summed E-state index contributed by atoms with van der Waals surface area (Å²) in [7, 11) is 1.49.